The highest BCUT2D eigenvalue weighted by Gasteiger charge is 2.17. The number of aryl methyl sites for hydroxylation is 1. The number of para-hydroxylation sites is 1. The number of aromatic amines is 1. The number of ether oxygens (including phenoxy) is 1. The van der Waals surface area contributed by atoms with Gasteiger partial charge in [0.15, 0.2) is 6.61 Å². The third-order valence-corrected chi connectivity index (χ3v) is 4.61. The van der Waals surface area contributed by atoms with E-state index in [2.05, 4.69) is 4.98 Å². The molecule has 0 atom stereocenters. The first-order valence-corrected chi connectivity index (χ1v) is 8.41. The molecule has 1 aromatic heterocycles. The van der Waals surface area contributed by atoms with Crippen molar-refractivity contribution >= 4 is 45.9 Å². The molecule has 0 aliphatic heterocycles. The number of aromatic nitrogens is 1. The summed E-state index contributed by atoms with van der Waals surface area (Å²) in [6.45, 7) is 1.52. The van der Waals surface area contributed by atoms with Gasteiger partial charge in [0.1, 0.15) is 0 Å². The van der Waals surface area contributed by atoms with E-state index in [1.54, 1.807) is 18.2 Å². The minimum absolute atomic E-state index is 0.0248. The standard InChI is InChI=1S/C19H15Cl2NO3/c1-11-19(13-4-2-3-5-16(13)22-11)17(23)10-25-18(24)9-12-6-7-14(20)15(21)8-12/h2-8,22H,9-10H2,1H3. The summed E-state index contributed by atoms with van der Waals surface area (Å²) in [6.07, 6.45) is 0.0248. The Balaban J connectivity index is 1.66. The summed E-state index contributed by atoms with van der Waals surface area (Å²) in [5, 5.41) is 1.62. The van der Waals surface area contributed by atoms with Crippen LogP contribution in [-0.4, -0.2) is 23.3 Å². The maximum absolute atomic E-state index is 12.5. The van der Waals surface area contributed by atoms with Gasteiger partial charge in [-0.3, -0.25) is 9.59 Å². The minimum Gasteiger partial charge on any atom is -0.457 e. The lowest BCUT2D eigenvalue weighted by molar-refractivity contribution is -0.141. The number of hydrogen-bond acceptors (Lipinski definition) is 3. The van der Waals surface area contributed by atoms with E-state index in [4.69, 9.17) is 27.9 Å². The van der Waals surface area contributed by atoms with Crippen LogP contribution in [0.1, 0.15) is 21.6 Å². The van der Waals surface area contributed by atoms with Gasteiger partial charge in [0.2, 0.25) is 5.78 Å². The highest BCUT2D eigenvalue weighted by atomic mass is 35.5. The fraction of sp³-hybridized carbons (Fsp3) is 0.158. The first kappa shape index (κ1) is 17.5. The smallest absolute Gasteiger partial charge is 0.310 e. The Labute approximate surface area is 154 Å². The van der Waals surface area contributed by atoms with Crippen LogP contribution in [0.25, 0.3) is 10.9 Å². The summed E-state index contributed by atoms with van der Waals surface area (Å²) in [6, 6.07) is 12.4. The van der Waals surface area contributed by atoms with Gasteiger partial charge in [0, 0.05) is 22.2 Å². The summed E-state index contributed by atoms with van der Waals surface area (Å²) in [5.74, 6) is -0.735. The zero-order valence-corrected chi connectivity index (χ0v) is 14.9. The zero-order valence-electron chi connectivity index (χ0n) is 13.4. The lowest BCUT2D eigenvalue weighted by Gasteiger charge is -2.06. The first-order valence-electron chi connectivity index (χ1n) is 7.66. The molecule has 0 bridgehead atoms. The largest absolute Gasteiger partial charge is 0.457 e. The third kappa shape index (κ3) is 3.86. The van der Waals surface area contributed by atoms with E-state index in [0.717, 1.165) is 16.6 Å². The molecule has 1 heterocycles. The first-order chi connectivity index (χ1) is 12.0. The number of carbonyl (C=O) groups is 2. The highest BCUT2D eigenvalue weighted by molar-refractivity contribution is 6.42. The molecule has 0 fully saturated rings. The van der Waals surface area contributed by atoms with E-state index in [1.807, 2.05) is 31.2 Å². The molecule has 0 aliphatic carbocycles. The van der Waals surface area contributed by atoms with Crippen molar-refractivity contribution in [3.8, 4) is 0 Å². The summed E-state index contributed by atoms with van der Waals surface area (Å²) in [5.41, 5.74) is 2.87. The van der Waals surface area contributed by atoms with E-state index in [9.17, 15) is 9.59 Å². The van der Waals surface area contributed by atoms with Crippen LogP contribution >= 0.6 is 23.2 Å². The van der Waals surface area contributed by atoms with Crippen molar-refractivity contribution < 1.29 is 14.3 Å². The average Bonchev–Trinajstić information content (AvgIpc) is 2.92. The normalized spacial score (nSPS) is 10.8. The van der Waals surface area contributed by atoms with E-state index < -0.39 is 5.97 Å². The van der Waals surface area contributed by atoms with Gasteiger partial charge in [0.05, 0.1) is 16.5 Å². The molecule has 0 amide bonds. The Morgan fingerprint density at radius 1 is 1.08 bits per heavy atom. The second-order valence-electron chi connectivity index (χ2n) is 5.68. The topological polar surface area (TPSA) is 59.2 Å². The molecule has 3 rings (SSSR count). The molecular weight excluding hydrogens is 361 g/mol. The van der Waals surface area contributed by atoms with Crippen LogP contribution in [0.2, 0.25) is 10.0 Å². The average molecular weight is 376 g/mol. The SMILES string of the molecule is Cc1[nH]c2ccccc2c1C(=O)COC(=O)Cc1ccc(Cl)c(Cl)c1. The molecule has 6 heteroatoms. The minimum atomic E-state index is -0.496. The number of carbonyl (C=O) groups excluding carboxylic acids is 2. The number of fused-ring (bicyclic) bond motifs is 1. The van der Waals surface area contributed by atoms with Crippen molar-refractivity contribution in [1.82, 2.24) is 4.98 Å². The van der Waals surface area contributed by atoms with Crippen molar-refractivity contribution in [1.29, 1.82) is 0 Å². The second-order valence-corrected chi connectivity index (χ2v) is 6.49. The number of rotatable bonds is 5. The van der Waals surface area contributed by atoms with Gasteiger partial charge in [0.25, 0.3) is 0 Å². The number of esters is 1. The van der Waals surface area contributed by atoms with Gasteiger partial charge in [-0.05, 0) is 30.7 Å². The van der Waals surface area contributed by atoms with Crippen molar-refractivity contribution in [2.75, 3.05) is 6.61 Å². The van der Waals surface area contributed by atoms with E-state index in [-0.39, 0.29) is 18.8 Å². The number of benzene rings is 2. The predicted molar refractivity (Wildman–Crippen MR) is 98.5 cm³/mol. The molecule has 2 aromatic carbocycles. The van der Waals surface area contributed by atoms with Gasteiger partial charge >= 0.3 is 5.97 Å². The number of nitrogens with one attached hydrogen (secondary N) is 1. The van der Waals surface area contributed by atoms with Gasteiger partial charge in [-0.15, -0.1) is 0 Å². The Morgan fingerprint density at radius 3 is 2.60 bits per heavy atom. The van der Waals surface area contributed by atoms with Crippen LogP contribution in [0.15, 0.2) is 42.5 Å². The fourth-order valence-corrected chi connectivity index (χ4v) is 3.04. The van der Waals surface area contributed by atoms with Crippen LogP contribution in [0.4, 0.5) is 0 Å². The number of halogens is 2. The van der Waals surface area contributed by atoms with Crippen molar-refractivity contribution in [2.24, 2.45) is 0 Å². The van der Waals surface area contributed by atoms with Crippen LogP contribution in [-0.2, 0) is 16.0 Å². The van der Waals surface area contributed by atoms with Gasteiger partial charge in [-0.1, -0.05) is 47.5 Å². The van der Waals surface area contributed by atoms with Crippen molar-refractivity contribution in [3.05, 3.63) is 69.3 Å². The van der Waals surface area contributed by atoms with Crippen LogP contribution in [0.5, 0.6) is 0 Å². The van der Waals surface area contributed by atoms with Gasteiger partial charge in [-0.25, -0.2) is 0 Å². The molecule has 0 radical (unpaired) electrons. The maximum atomic E-state index is 12.5. The molecule has 25 heavy (non-hydrogen) atoms. The molecule has 0 saturated heterocycles. The van der Waals surface area contributed by atoms with E-state index in [0.29, 0.717) is 21.2 Å². The molecule has 128 valence electrons. The van der Waals surface area contributed by atoms with Gasteiger partial charge < -0.3 is 9.72 Å². The Kier molecular flexibility index (Phi) is 5.11. The quantitative estimate of drug-likeness (QED) is 0.516. The molecule has 3 aromatic rings. The van der Waals surface area contributed by atoms with Crippen LogP contribution < -0.4 is 0 Å². The molecule has 1 N–H and O–H groups in total. The highest BCUT2D eigenvalue weighted by Crippen LogP contribution is 2.24. The Bertz CT molecular complexity index is 962. The molecule has 0 aliphatic rings. The summed E-state index contributed by atoms with van der Waals surface area (Å²) >= 11 is 11.8. The number of hydrogen-bond donors (Lipinski definition) is 1. The summed E-state index contributed by atoms with van der Waals surface area (Å²) in [7, 11) is 0. The Hall–Kier alpha value is -2.30. The predicted octanol–water partition coefficient (Wildman–Crippen LogP) is 4.75. The number of H-pyrrole nitrogens is 1. The van der Waals surface area contributed by atoms with Crippen LogP contribution in [0.3, 0.4) is 0 Å². The fourth-order valence-electron chi connectivity index (χ4n) is 2.72. The maximum Gasteiger partial charge on any atom is 0.310 e. The molecule has 0 spiro atoms. The molecular formula is C19H15Cl2NO3. The zero-order chi connectivity index (χ0) is 18.0. The summed E-state index contributed by atoms with van der Waals surface area (Å²) in [4.78, 5) is 27.6. The number of Topliss-reactive ketones (excluding diaryl/α,β-unsaturated/α-hetero) is 1. The lowest BCUT2D eigenvalue weighted by atomic mass is 10.1. The van der Waals surface area contributed by atoms with Crippen molar-refractivity contribution in [2.45, 2.75) is 13.3 Å². The molecule has 4 nitrogen and oxygen atoms in total. The second kappa shape index (κ2) is 7.30. The van der Waals surface area contributed by atoms with Crippen LogP contribution in [0, 0.1) is 6.92 Å². The molecule has 0 saturated carbocycles. The molecule has 0 unspecified atom stereocenters. The summed E-state index contributed by atoms with van der Waals surface area (Å²) < 4.78 is 5.13. The van der Waals surface area contributed by atoms with Crippen molar-refractivity contribution in [3.63, 3.8) is 0 Å². The van der Waals surface area contributed by atoms with E-state index >= 15 is 0 Å². The number of ketones is 1. The lowest BCUT2D eigenvalue weighted by Crippen LogP contribution is -2.16. The third-order valence-electron chi connectivity index (χ3n) is 3.87. The van der Waals surface area contributed by atoms with E-state index in [1.165, 1.54) is 0 Å². The monoisotopic (exact) mass is 375 g/mol. The Morgan fingerprint density at radius 2 is 1.84 bits per heavy atom. The van der Waals surface area contributed by atoms with Gasteiger partial charge in [-0.2, -0.15) is 0 Å².